The molecular formula is C14H20N2O2. The van der Waals surface area contributed by atoms with Crippen LogP contribution in [0.3, 0.4) is 0 Å². The number of carbonyl (C=O) groups excluding carboxylic acids is 1. The fourth-order valence-electron chi connectivity index (χ4n) is 2.10. The van der Waals surface area contributed by atoms with Crippen LogP contribution in [-0.2, 0) is 4.74 Å². The van der Waals surface area contributed by atoms with Crippen LogP contribution in [0.15, 0.2) is 30.3 Å². The normalized spacial score (nSPS) is 16.7. The molecule has 0 aromatic heterocycles. The lowest BCUT2D eigenvalue weighted by Crippen LogP contribution is -2.36. The first-order valence-corrected chi connectivity index (χ1v) is 6.51. The Hall–Kier alpha value is -1.55. The minimum absolute atomic E-state index is 0.178. The number of cyclic esters (lactones) is 1. The number of nitrogens with one attached hydrogen (secondary N) is 1. The molecule has 4 nitrogen and oxygen atoms in total. The number of hydrogen-bond donors (Lipinski definition) is 1. The van der Waals surface area contributed by atoms with Gasteiger partial charge in [-0.15, -0.1) is 0 Å². The highest BCUT2D eigenvalue weighted by atomic mass is 16.6. The van der Waals surface area contributed by atoms with Gasteiger partial charge in [0.15, 0.2) is 0 Å². The highest BCUT2D eigenvalue weighted by Crippen LogP contribution is 2.16. The van der Waals surface area contributed by atoms with Crippen LogP contribution >= 0.6 is 0 Å². The molecule has 1 aliphatic heterocycles. The van der Waals surface area contributed by atoms with Crippen molar-refractivity contribution in [1.29, 1.82) is 0 Å². The molecule has 2 rings (SSSR count). The second-order valence-corrected chi connectivity index (χ2v) is 4.48. The van der Waals surface area contributed by atoms with E-state index in [1.54, 1.807) is 4.90 Å². The number of rotatable bonds is 6. The molecule has 1 aromatic carbocycles. The van der Waals surface area contributed by atoms with Crippen molar-refractivity contribution in [1.82, 2.24) is 10.2 Å². The zero-order valence-electron chi connectivity index (χ0n) is 10.8. The first-order chi connectivity index (χ1) is 8.81. The van der Waals surface area contributed by atoms with Crippen LogP contribution in [0, 0.1) is 0 Å². The largest absolute Gasteiger partial charge is 0.448 e. The molecule has 0 saturated carbocycles. The molecular weight excluding hydrogens is 228 g/mol. The summed E-state index contributed by atoms with van der Waals surface area (Å²) in [7, 11) is 0. The first kappa shape index (κ1) is 12.9. The van der Waals surface area contributed by atoms with Crippen molar-refractivity contribution in [2.45, 2.75) is 19.4 Å². The first-order valence-electron chi connectivity index (χ1n) is 6.51. The van der Waals surface area contributed by atoms with Crippen LogP contribution in [0.4, 0.5) is 4.79 Å². The monoisotopic (exact) mass is 248 g/mol. The molecule has 18 heavy (non-hydrogen) atoms. The average molecular weight is 248 g/mol. The van der Waals surface area contributed by atoms with Gasteiger partial charge in [0.2, 0.25) is 0 Å². The minimum atomic E-state index is -0.200. The predicted octanol–water partition coefficient (Wildman–Crippen LogP) is 2.18. The van der Waals surface area contributed by atoms with E-state index in [-0.39, 0.29) is 12.1 Å². The van der Waals surface area contributed by atoms with Gasteiger partial charge in [-0.25, -0.2) is 4.79 Å². The van der Waals surface area contributed by atoms with Crippen LogP contribution in [0.2, 0.25) is 0 Å². The molecule has 1 amide bonds. The summed E-state index contributed by atoms with van der Waals surface area (Å²) in [6, 6.07) is 10.4. The van der Waals surface area contributed by atoms with Gasteiger partial charge in [-0.1, -0.05) is 37.3 Å². The number of amides is 1. The van der Waals surface area contributed by atoms with E-state index < -0.39 is 0 Å². The van der Waals surface area contributed by atoms with Gasteiger partial charge in [-0.3, -0.25) is 0 Å². The second kappa shape index (κ2) is 6.40. The molecule has 1 aliphatic rings. The Labute approximate surface area is 108 Å². The van der Waals surface area contributed by atoms with E-state index >= 15 is 0 Å². The summed E-state index contributed by atoms with van der Waals surface area (Å²) < 4.78 is 4.97. The molecule has 1 unspecified atom stereocenters. The van der Waals surface area contributed by atoms with E-state index in [2.05, 4.69) is 24.4 Å². The third-order valence-electron chi connectivity index (χ3n) is 3.09. The lowest BCUT2D eigenvalue weighted by Gasteiger charge is -2.23. The van der Waals surface area contributed by atoms with Gasteiger partial charge < -0.3 is 15.0 Å². The van der Waals surface area contributed by atoms with Gasteiger partial charge >= 0.3 is 6.09 Å². The fourth-order valence-corrected chi connectivity index (χ4v) is 2.10. The zero-order valence-corrected chi connectivity index (χ0v) is 10.8. The van der Waals surface area contributed by atoms with Crippen molar-refractivity contribution in [3.63, 3.8) is 0 Å². The Morgan fingerprint density at radius 1 is 1.39 bits per heavy atom. The standard InChI is InChI=1S/C14H20N2O2/c1-2-8-15-13(12-6-4-3-5-7-12)11-16-9-10-18-14(16)17/h3-7,13,15H,2,8-11H2,1H3. The molecule has 0 spiro atoms. The Kier molecular flexibility index (Phi) is 4.59. The van der Waals surface area contributed by atoms with Gasteiger partial charge in [-0.2, -0.15) is 0 Å². The van der Waals surface area contributed by atoms with Crippen LogP contribution in [0.25, 0.3) is 0 Å². The number of ether oxygens (including phenoxy) is 1. The summed E-state index contributed by atoms with van der Waals surface area (Å²) in [5.74, 6) is 0. The molecule has 1 N–H and O–H groups in total. The summed E-state index contributed by atoms with van der Waals surface area (Å²) >= 11 is 0. The number of nitrogens with zero attached hydrogens (tertiary/aromatic N) is 1. The lowest BCUT2D eigenvalue weighted by atomic mass is 10.1. The fraction of sp³-hybridized carbons (Fsp3) is 0.500. The quantitative estimate of drug-likeness (QED) is 0.839. The number of carbonyl (C=O) groups is 1. The van der Waals surface area contributed by atoms with Crippen LogP contribution in [0.1, 0.15) is 24.9 Å². The summed E-state index contributed by atoms with van der Waals surface area (Å²) in [6.45, 7) is 4.95. The Bertz CT molecular complexity index is 381. The maximum absolute atomic E-state index is 11.5. The predicted molar refractivity (Wildman–Crippen MR) is 70.4 cm³/mol. The Morgan fingerprint density at radius 3 is 2.78 bits per heavy atom. The van der Waals surface area contributed by atoms with Crippen molar-refractivity contribution in [2.24, 2.45) is 0 Å². The molecule has 0 bridgehead atoms. The topological polar surface area (TPSA) is 41.6 Å². The van der Waals surface area contributed by atoms with E-state index in [1.165, 1.54) is 5.56 Å². The van der Waals surface area contributed by atoms with Crippen LogP contribution < -0.4 is 5.32 Å². The summed E-state index contributed by atoms with van der Waals surface area (Å²) in [6.07, 6.45) is 0.877. The van der Waals surface area contributed by atoms with Crippen molar-refractivity contribution in [3.8, 4) is 0 Å². The highest BCUT2D eigenvalue weighted by Gasteiger charge is 2.25. The maximum Gasteiger partial charge on any atom is 0.410 e. The van der Waals surface area contributed by atoms with E-state index in [0.29, 0.717) is 19.7 Å². The average Bonchev–Trinajstić information content (AvgIpc) is 2.81. The molecule has 0 radical (unpaired) electrons. The third-order valence-corrected chi connectivity index (χ3v) is 3.09. The molecule has 0 aliphatic carbocycles. The SMILES string of the molecule is CCCNC(CN1CCOC1=O)c1ccccc1. The summed E-state index contributed by atoms with van der Waals surface area (Å²) in [5.41, 5.74) is 1.21. The lowest BCUT2D eigenvalue weighted by molar-refractivity contribution is 0.155. The van der Waals surface area contributed by atoms with Crippen molar-refractivity contribution >= 4 is 6.09 Å². The van der Waals surface area contributed by atoms with Gasteiger partial charge in [0.1, 0.15) is 6.61 Å². The summed E-state index contributed by atoms with van der Waals surface area (Å²) in [5, 5.41) is 3.48. The zero-order chi connectivity index (χ0) is 12.8. The maximum atomic E-state index is 11.5. The highest BCUT2D eigenvalue weighted by molar-refractivity contribution is 5.69. The second-order valence-electron chi connectivity index (χ2n) is 4.48. The van der Waals surface area contributed by atoms with Crippen LogP contribution in [0.5, 0.6) is 0 Å². The third kappa shape index (κ3) is 3.23. The van der Waals surface area contributed by atoms with Gasteiger partial charge in [0.25, 0.3) is 0 Å². The molecule has 1 atom stereocenters. The minimum Gasteiger partial charge on any atom is -0.448 e. The molecule has 1 heterocycles. The Morgan fingerprint density at radius 2 is 2.17 bits per heavy atom. The van der Waals surface area contributed by atoms with E-state index in [9.17, 15) is 4.79 Å². The molecule has 1 fully saturated rings. The van der Waals surface area contributed by atoms with E-state index in [1.807, 2.05) is 18.2 Å². The summed E-state index contributed by atoms with van der Waals surface area (Å²) in [4.78, 5) is 13.3. The van der Waals surface area contributed by atoms with Crippen molar-refractivity contribution in [3.05, 3.63) is 35.9 Å². The van der Waals surface area contributed by atoms with E-state index in [0.717, 1.165) is 13.0 Å². The number of hydrogen-bond acceptors (Lipinski definition) is 3. The van der Waals surface area contributed by atoms with Crippen molar-refractivity contribution < 1.29 is 9.53 Å². The number of benzene rings is 1. The van der Waals surface area contributed by atoms with Gasteiger partial charge in [-0.05, 0) is 18.5 Å². The smallest absolute Gasteiger partial charge is 0.410 e. The molecule has 98 valence electrons. The van der Waals surface area contributed by atoms with Crippen molar-refractivity contribution in [2.75, 3.05) is 26.2 Å². The van der Waals surface area contributed by atoms with E-state index in [4.69, 9.17) is 4.74 Å². The molecule has 1 saturated heterocycles. The van der Waals surface area contributed by atoms with Gasteiger partial charge in [0, 0.05) is 6.54 Å². The molecule has 4 heteroatoms. The molecule has 1 aromatic rings. The Balaban J connectivity index is 2.03. The van der Waals surface area contributed by atoms with Crippen LogP contribution in [-0.4, -0.2) is 37.2 Å². The van der Waals surface area contributed by atoms with Gasteiger partial charge in [0.05, 0.1) is 12.6 Å².